The van der Waals surface area contributed by atoms with Gasteiger partial charge in [-0.25, -0.2) is 4.98 Å². The molecule has 1 aliphatic carbocycles. The maximum absolute atomic E-state index is 5.87. The Morgan fingerprint density at radius 3 is 2.78 bits per heavy atom. The van der Waals surface area contributed by atoms with Crippen LogP contribution in [0.1, 0.15) is 56.5 Å². The van der Waals surface area contributed by atoms with Crippen molar-refractivity contribution in [1.82, 2.24) is 10.3 Å². The quantitative estimate of drug-likeness (QED) is 0.857. The van der Waals surface area contributed by atoms with E-state index in [1.165, 1.54) is 17.7 Å². The summed E-state index contributed by atoms with van der Waals surface area (Å²) < 4.78 is 5.87. The zero-order chi connectivity index (χ0) is 13.2. The molecule has 1 N–H and O–H groups in total. The summed E-state index contributed by atoms with van der Waals surface area (Å²) in [6.45, 7) is 10.3. The summed E-state index contributed by atoms with van der Waals surface area (Å²) in [4.78, 5) is 5.86. The van der Waals surface area contributed by atoms with E-state index >= 15 is 0 Å². The molecule has 0 radical (unpaired) electrons. The largest absolute Gasteiger partial charge is 0.371 e. The third-order valence-corrected chi connectivity index (χ3v) is 4.10. The van der Waals surface area contributed by atoms with Crippen molar-refractivity contribution in [2.45, 2.75) is 59.2 Å². The normalized spacial score (nSPS) is 18.0. The van der Waals surface area contributed by atoms with E-state index in [0.29, 0.717) is 0 Å². The fourth-order valence-corrected chi connectivity index (χ4v) is 3.08. The van der Waals surface area contributed by atoms with Gasteiger partial charge in [-0.1, -0.05) is 20.8 Å². The molecule has 0 amide bonds. The summed E-state index contributed by atoms with van der Waals surface area (Å²) in [5, 5.41) is 4.63. The molecule has 1 saturated carbocycles. The molecule has 0 aliphatic heterocycles. The molecule has 2 rings (SSSR count). The molecule has 18 heavy (non-hydrogen) atoms. The SMILES string of the molecule is CCOC(c1ncc(CNC2CC2)s1)C(C)(C)C. The Morgan fingerprint density at radius 2 is 2.22 bits per heavy atom. The summed E-state index contributed by atoms with van der Waals surface area (Å²) in [5.74, 6) is 0. The van der Waals surface area contributed by atoms with Crippen LogP contribution in [-0.2, 0) is 11.3 Å². The van der Waals surface area contributed by atoms with E-state index in [1.54, 1.807) is 11.3 Å². The topological polar surface area (TPSA) is 34.1 Å². The fourth-order valence-electron chi connectivity index (χ4n) is 1.92. The molecule has 1 heterocycles. The number of nitrogens with zero attached hydrogens (tertiary/aromatic N) is 1. The molecule has 0 saturated heterocycles. The van der Waals surface area contributed by atoms with E-state index < -0.39 is 0 Å². The first-order valence-electron chi connectivity index (χ1n) is 6.80. The van der Waals surface area contributed by atoms with Gasteiger partial charge in [0, 0.05) is 30.3 Å². The minimum absolute atomic E-state index is 0.0923. The van der Waals surface area contributed by atoms with Gasteiger partial charge in [0.25, 0.3) is 0 Å². The Balaban J connectivity index is 2.00. The fraction of sp³-hybridized carbons (Fsp3) is 0.786. The van der Waals surface area contributed by atoms with Gasteiger partial charge < -0.3 is 10.1 Å². The Hall–Kier alpha value is -0.450. The van der Waals surface area contributed by atoms with Crippen LogP contribution in [0.2, 0.25) is 0 Å². The predicted octanol–water partition coefficient (Wildman–Crippen LogP) is 3.52. The average molecular weight is 268 g/mol. The average Bonchev–Trinajstić information content (AvgIpc) is 3.01. The van der Waals surface area contributed by atoms with Gasteiger partial charge in [-0.05, 0) is 25.2 Å². The van der Waals surface area contributed by atoms with Crippen LogP contribution in [0.5, 0.6) is 0 Å². The zero-order valence-electron chi connectivity index (χ0n) is 11.8. The smallest absolute Gasteiger partial charge is 0.122 e. The highest BCUT2D eigenvalue weighted by molar-refractivity contribution is 7.11. The molecule has 0 spiro atoms. The van der Waals surface area contributed by atoms with Crippen LogP contribution in [-0.4, -0.2) is 17.6 Å². The van der Waals surface area contributed by atoms with Gasteiger partial charge >= 0.3 is 0 Å². The van der Waals surface area contributed by atoms with Gasteiger partial charge in [0.2, 0.25) is 0 Å². The maximum atomic E-state index is 5.87. The molecule has 1 aliphatic rings. The number of hydrogen-bond donors (Lipinski definition) is 1. The van der Waals surface area contributed by atoms with Crippen molar-refractivity contribution < 1.29 is 4.74 Å². The number of hydrogen-bond acceptors (Lipinski definition) is 4. The van der Waals surface area contributed by atoms with E-state index in [-0.39, 0.29) is 11.5 Å². The van der Waals surface area contributed by atoms with Crippen LogP contribution >= 0.6 is 11.3 Å². The lowest BCUT2D eigenvalue weighted by atomic mass is 9.89. The van der Waals surface area contributed by atoms with Crippen LogP contribution < -0.4 is 5.32 Å². The first-order valence-corrected chi connectivity index (χ1v) is 7.62. The van der Waals surface area contributed by atoms with Crippen LogP contribution in [0, 0.1) is 5.41 Å². The summed E-state index contributed by atoms with van der Waals surface area (Å²) in [7, 11) is 0. The van der Waals surface area contributed by atoms with E-state index in [4.69, 9.17) is 4.74 Å². The molecule has 1 atom stereocenters. The highest BCUT2D eigenvalue weighted by atomic mass is 32.1. The van der Waals surface area contributed by atoms with Gasteiger partial charge in [0.1, 0.15) is 11.1 Å². The van der Waals surface area contributed by atoms with E-state index in [1.807, 2.05) is 13.1 Å². The maximum Gasteiger partial charge on any atom is 0.122 e. The highest BCUT2D eigenvalue weighted by Crippen LogP contribution is 2.37. The van der Waals surface area contributed by atoms with E-state index in [2.05, 4.69) is 31.1 Å². The first kappa shape index (κ1) is 14.0. The molecule has 102 valence electrons. The molecule has 3 nitrogen and oxygen atoms in total. The number of thiazole rings is 1. The van der Waals surface area contributed by atoms with Crippen LogP contribution in [0.25, 0.3) is 0 Å². The molecule has 4 heteroatoms. The summed E-state index contributed by atoms with van der Waals surface area (Å²) in [6, 6.07) is 0.751. The highest BCUT2D eigenvalue weighted by Gasteiger charge is 2.29. The lowest BCUT2D eigenvalue weighted by Crippen LogP contribution is -2.21. The van der Waals surface area contributed by atoms with Gasteiger partial charge in [0.05, 0.1) is 0 Å². The first-order chi connectivity index (χ1) is 8.50. The molecule has 1 fully saturated rings. The van der Waals surface area contributed by atoms with Crippen molar-refractivity contribution in [2.75, 3.05) is 6.61 Å². The Bertz CT molecular complexity index is 379. The molecule has 1 aromatic rings. The van der Waals surface area contributed by atoms with Crippen molar-refractivity contribution in [3.05, 3.63) is 16.1 Å². The van der Waals surface area contributed by atoms with E-state index in [0.717, 1.165) is 24.2 Å². The summed E-state index contributed by atoms with van der Waals surface area (Å²) in [6.07, 6.45) is 4.75. The molecule has 1 unspecified atom stereocenters. The van der Waals surface area contributed by atoms with Gasteiger partial charge in [0.15, 0.2) is 0 Å². The monoisotopic (exact) mass is 268 g/mol. The second-order valence-corrected chi connectivity index (χ2v) is 7.17. The molecule has 0 bridgehead atoms. The van der Waals surface area contributed by atoms with Crippen LogP contribution in [0.4, 0.5) is 0 Å². The Morgan fingerprint density at radius 1 is 1.50 bits per heavy atom. The zero-order valence-corrected chi connectivity index (χ0v) is 12.6. The number of rotatable bonds is 6. The molecule has 1 aromatic heterocycles. The van der Waals surface area contributed by atoms with Crippen LogP contribution in [0.15, 0.2) is 6.20 Å². The Labute approximate surface area is 114 Å². The van der Waals surface area contributed by atoms with Crippen LogP contribution in [0.3, 0.4) is 0 Å². The molecular formula is C14H24N2OS. The minimum Gasteiger partial charge on any atom is -0.371 e. The summed E-state index contributed by atoms with van der Waals surface area (Å²) in [5.41, 5.74) is 0.0923. The van der Waals surface area contributed by atoms with Crippen molar-refractivity contribution >= 4 is 11.3 Å². The lowest BCUT2D eigenvalue weighted by molar-refractivity contribution is -0.0133. The van der Waals surface area contributed by atoms with Crippen molar-refractivity contribution in [2.24, 2.45) is 5.41 Å². The van der Waals surface area contributed by atoms with Gasteiger partial charge in [-0.15, -0.1) is 11.3 Å². The van der Waals surface area contributed by atoms with Crippen molar-refractivity contribution in [3.8, 4) is 0 Å². The number of nitrogens with one attached hydrogen (secondary N) is 1. The third-order valence-electron chi connectivity index (χ3n) is 3.06. The van der Waals surface area contributed by atoms with Crippen molar-refractivity contribution in [3.63, 3.8) is 0 Å². The molecular weight excluding hydrogens is 244 g/mol. The summed E-state index contributed by atoms with van der Waals surface area (Å²) >= 11 is 1.78. The molecule has 0 aromatic carbocycles. The third kappa shape index (κ3) is 3.77. The lowest BCUT2D eigenvalue weighted by Gasteiger charge is -2.28. The second kappa shape index (κ2) is 5.68. The number of aromatic nitrogens is 1. The Kier molecular flexibility index (Phi) is 4.41. The number of ether oxygens (including phenoxy) is 1. The van der Waals surface area contributed by atoms with Gasteiger partial charge in [-0.3, -0.25) is 0 Å². The standard InChI is InChI=1S/C14H24N2OS/c1-5-17-12(14(2,3)4)13-16-9-11(18-13)8-15-10-6-7-10/h9-10,12,15H,5-8H2,1-4H3. The predicted molar refractivity (Wildman–Crippen MR) is 75.8 cm³/mol. The van der Waals surface area contributed by atoms with E-state index in [9.17, 15) is 0 Å². The van der Waals surface area contributed by atoms with Gasteiger partial charge in [-0.2, -0.15) is 0 Å². The minimum atomic E-state index is 0.0923. The van der Waals surface area contributed by atoms with Crippen molar-refractivity contribution in [1.29, 1.82) is 0 Å². The second-order valence-electron chi connectivity index (χ2n) is 6.02.